The van der Waals surface area contributed by atoms with Crippen molar-refractivity contribution >= 4 is 75.1 Å². The molecule has 0 bridgehead atoms. The summed E-state index contributed by atoms with van der Waals surface area (Å²) in [4.78, 5) is 25.4. The minimum atomic E-state index is -0.470. The molecule has 0 saturated heterocycles. The Labute approximate surface area is 232 Å². The Morgan fingerprint density at radius 1 is 1.20 bits per heavy atom. The van der Waals surface area contributed by atoms with Gasteiger partial charge in [0.25, 0.3) is 5.91 Å². The topological polar surface area (TPSA) is 88.9 Å². The summed E-state index contributed by atoms with van der Waals surface area (Å²) in [6.07, 6.45) is 1.71. The standard InChI is InChI=1S/C24H24Cl2IN5O2S/c1-5-8-32-22(15(4)28-23(34)18-7-6-16(25)11-19(18)26)30-31-24(32)35-12-20(33)29-21-13(2)9-17(27)10-14(21)3/h5-7,9-11,15H,1,8,12H2,2-4H3,(H,28,34)(H,29,33)/t15-/m1/s1. The number of carbonyl (C=O) groups excluding carboxylic acids is 2. The fourth-order valence-corrected chi connectivity index (χ4v) is 5.64. The van der Waals surface area contributed by atoms with Crippen LogP contribution in [-0.4, -0.2) is 32.3 Å². The molecular formula is C24H24Cl2IN5O2S. The number of amides is 2. The van der Waals surface area contributed by atoms with Crippen molar-refractivity contribution in [3.63, 3.8) is 0 Å². The van der Waals surface area contributed by atoms with Crippen LogP contribution in [0.15, 0.2) is 48.1 Å². The van der Waals surface area contributed by atoms with Crippen LogP contribution < -0.4 is 10.6 Å². The van der Waals surface area contributed by atoms with Gasteiger partial charge in [-0.2, -0.15) is 0 Å². The SMILES string of the molecule is C=CCn1c(SCC(=O)Nc2c(C)cc(I)cc2C)nnc1[C@@H](C)NC(=O)c1ccc(Cl)cc1Cl. The summed E-state index contributed by atoms with van der Waals surface area (Å²) in [6, 6.07) is 8.26. The highest BCUT2D eigenvalue weighted by molar-refractivity contribution is 14.1. The van der Waals surface area contributed by atoms with Crippen molar-refractivity contribution in [3.8, 4) is 0 Å². The third-order valence-corrected chi connectivity index (χ3v) is 7.20. The zero-order valence-electron chi connectivity index (χ0n) is 19.4. The lowest BCUT2D eigenvalue weighted by molar-refractivity contribution is -0.113. The van der Waals surface area contributed by atoms with Crippen molar-refractivity contribution < 1.29 is 9.59 Å². The van der Waals surface area contributed by atoms with Gasteiger partial charge in [0, 0.05) is 20.8 Å². The number of thioether (sulfide) groups is 1. The number of allylic oxidation sites excluding steroid dienone is 1. The molecule has 3 aromatic rings. The summed E-state index contributed by atoms with van der Waals surface area (Å²) in [7, 11) is 0. The van der Waals surface area contributed by atoms with Crippen molar-refractivity contribution in [2.75, 3.05) is 11.1 Å². The average Bonchev–Trinajstić information content (AvgIpc) is 3.17. The molecule has 35 heavy (non-hydrogen) atoms. The highest BCUT2D eigenvalue weighted by Crippen LogP contribution is 2.26. The third-order valence-electron chi connectivity index (χ3n) is 5.06. The van der Waals surface area contributed by atoms with Gasteiger partial charge >= 0.3 is 0 Å². The highest BCUT2D eigenvalue weighted by atomic mass is 127. The van der Waals surface area contributed by atoms with E-state index in [0.717, 1.165) is 20.4 Å². The molecular weight excluding hydrogens is 620 g/mol. The minimum Gasteiger partial charge on any atom is -0.342 e. The quantitative estimate of drug-likeness (QED) is 0.164. The lowest BCUT2D eigenvalue weighted by atomic mass is 10.1. The van der Waals surface area contributed by atoms with E-state index in [1.54, 1.807) is 25.1 Å². The van der Waals surface area contributed by atoms with E-state index in [1.807, 2.05) is 30.5 Å². The van der Waals surface area contributed by atoms with E-state index < -0.39 is 6.04 Å². The first-order valence-electron chi connectivity index (χ1n) is 10.6. The molecule has 2 aromatic carbocycles. The number of anilines is 1. The Balaban J connectivity index is 1.70. The highest BCUT2D eigenvalue weighted by Gasteiger charge is 2.21. The molecule has 1 heterocycles. The maximum atomic E-state index is 12.7. The number of benzene rings is 2. The average molecular weight is 644 g/mol. The summed E-state index contributed by atoms with van der Waals surface area (Å²) in [6.45, 7) is 9.96. The number of hydrogen-bond acceptors (Lipinski definition) is 5. The molecule has 1 aromatic heterocycles. The lowest BCUT2D eigenvalue weighted by Crippen LogP contribution is -2.29. The smallest absolute Gasteiger partial charge is 0.253 e. The molecule has 0 unspecified atom stereocenters. The van der Waals surface area contributed by atoms with E-state index in [1.165, 1.54) is 17.8 Å². The van der Waals surface area contributed by atoms with E-state index in [-0.39, 0.29) is 22.6 Å². The Morgan fingerprint density at radius 3 is 2.51 bits per heavy atom. The van der Waals surface area contributed by atoms with Gasteiger partial charge in [0.2, 0.25) is 5.91 Å². The van der Waals surface area contributed by atoms with E-state index in [2.05, 4.69) is 50.0 Å². The summed E-state index contributed by atoms with van der Waals surface area (Å²) in [5.41, 5.74) is 3.15. The van der Waals surface area contributed by atoms with Crippen LogP contribution in [0.25, 0.3) is 0 Å². The molecule has 2 amide bonds. The first kappa shape index (κ1) is 27.5. The van der Waals surface area contributed by atoms with Crippen LogP contribution in [-0.2, 0) is 11.3 Å². The number of aryl methyl sites for hydroxylation is 2. The molecule has 0 spiro atoms. The monoisotopic (exact) mass is 643 g/mol. The molecule has 0 radical (unpaired) electrons. The molecule has 0 aliphatic carbocycles. The van der Waals surface area contributed by atoms with Crippen LogP contribution in [0.2, 0.25) is 10.0 Å². The Hall–Kier alpha value is -2.08. The number of aromatic nitrogens is 3. The molecule has 184 valence electrons. The largest absolute Gasteiger partial charge is 0.342 e. The molecule has 0 aliphatic rings. The third kappa shape index (κ3) is 6.99. The van der Waals surface area contributed by atoms with Gasteiger partial charge in [-0.15, -0.1) is 16.8 Å². The van der Waals surface area contributed by atoms with Gasteiger partial charge in [0.05, 0.1) is 22.4 Å². The van der Waals surface area contributed by atoms with E-state index in [4.69, 9.17) is 23.2 Å². The number of hydrogen-bond donors (Lipinski definition) is 2. The van der Waals surface area contributed by atoms with Crippen LogP contribution in [0.5, 0.6) is 0 Å². The van der Waals surface area contributed by atoms with Crippen LogP contribution in [0, 0.1) is 17.4 Å². The first-order valence-corrected chi connectivity index (χ1v) is 13.4. The van der Waals surface area contributed by atoms with Crippen LogP contribution >= 0.6 is 57.6 Å². The minimum absolute atomic E-state index is 0.143. The summed E-state index contributed by atoms with van der Waals surface area (Å²) < 4.78 is 2.94. The number of halogens is 3. The molecule has 3 rings (SSSR count). The van der Waals surface area contributed by atoms with Gasteiger partial charge in [0.15, 0.2) is 11.0 Å². The van der Waals surface area contributed by atoms with Gasteiger partial charge in [-0.05, 0) is 84.8 Å². The summed E-state index contributed by atoms with van der Waals surface area (Å²) in [5.74, 6) is 0.192. The van der Waals surface area contributed by atoms with Gasteiger partial charge < -0.3 is 15.2 Å². The molecule has 0 saturated carbocycles. The molecule has 2 N–H and O–H groups in total. The first-order chi connectivity index (χ1) is 16.6. The molecule has 11 heteroatoms. The maximum absolute atomic E-state index is 12.7. The second-order valence-electron chi connectivity index (χ2n) is 7.81. The van der Waals surface area contributed by atoms with Crippen molar-refractivity contribution in [1.82, 2.24) is 20.1 Å². The molecule has 7 nitrogen and oxygen atoms in total. The molecule has 0 fully saturated rings. The zero-order valence-corrected chi connectivity index (χ0v) is 23.8. The fraction of sp³-hybridized carbons (Fsp3) is 0.250. The van der Waals surface area contributed by atoms with Gasteiger partial charge in [-0.3, -0.25) is 9.59 Å². The Morgan fingerprint density at radius 2 is 1.89 bits per heavy atom. The lowest BCUT2D eigenvalue weighted by Gasteiger charge is -2.16. The van der Waals surface area contributed by atoms with Gasteiger partial charge in [-0.1, -0.05) is 41.0 Å². The predicted molar refractivity (Wildman–Crippen MR) is 151 cm³/mol. The van der Waals surface area contributed by atoms with Crippen LogP contribution in [0.4, 0.5) is 5.69 Å². The number of rotatable bonds is 9. The van der Waals surface area contributed by atoms with Gasteiger partial charge in [-0.25, -0.2) is 0 Å². The van der Waals surface area contributed by atoms with Crippen LogP contribution in [0.1, 0.15) is 40.3 Å². The second-order valence-corrected chi connectivity index (χ2v) is 10.8. The Bertz CT molecular complexity index is 1260. The van der Waals surface area contributed by atoms with Crippen molar-refractivity contribution in [2.24, 2.45) is 0 Å². The van der Waals surface area contributed by atoms with E-state index in [0.29, 0.717) is 28.1 Å². The maximum Gasteiger partial charge on any atom is 0.253 e. The number of nitrogens with one attached hydrogen (secondary N) is 2. The summed E-state index contributed by atoms with van der Waals surface area (Å²) >= 11 is 15.6. The number of carbonyl (C=O) groups is 2. The zero-order chi connectivity index (χ0) is 25.7. The van der Waals surface area contributed by atoms with Crippen molar-refractivity contribution in [2.45, 2.75) is 38.5 Å². The van der Waals surface area contributed by atoms with Crippen molar-refractivity contribution in [1.29, 1.82) is 0 Å². The fourth-order valence-electron chi connectivity index (χ4n) is 3.45. The number of nitrogens with zero attached hydrogens (tertiary/aromatic N) is 3. The van der Waals surface area contributed by atoms with Gasteiger partial charge in [0.1, 0.15) is 0 Å². The molecule has 1 atom stereocenters. The molecule has 0 aliphatic heterocycles. The normalized spacial score (nSPS) is 11.7. The predicted octanol–water partition coefficient (Wildman–Crippen LogP) is 6.21. The Kier molecular flexibility index (Phi) is 9.62. The summed E-state index contributed by atoms with van der Waals surface area (Å²) in [5, 5.41) is 15.6. The van der Waals surface area contributed by atoms with E-state index in [9.17, 15) is 9.59 Å². The van der Waals surface area contributed by atoms with E-state index >= 15 is 0 Å². The van der Waals surface area contributed by atoms with Crippen molar-refractivity contribution in [3.05, 3.63) is 79.1 Å². The van der Waals surface area contributed by atoms with Crippen LogP contribution in [0.3, 0.4) is 0 Å². The second kappa shape index (κ2) is 12.2.